The van der Waals surface area contributed by atoms with Gasteiger partial charge in [0, 0.05) is 0 Å². The molecule has 134 valence electrons. The number of morpholine rings is 1. The summed E-state index contributed by atoms with van der Waals surface area (Å²) in [7, 11) is 0. The van der Waals surface area contributed by atoms with E-state index in [1.807, 2.05) is 12.1 Å². The average molecular weight is 334 g/mol. The number of allylic oxidation sites excluding steroid dienone is 1. The Bertz CT molecular complexity index is 508. The molecule has 0 bridgehead atoms. The number of aryl methyl sites for hydroxylation is 1. The Morgan fingerprint density at radius 1 is 1.21 bits per heavy atom. The van der Waals surface area contributed by atoms with Gasteiger partial charge in [0.05, 0.1) is 13.2 Å². The van der Waals surface area contributed by atoms with Crippen LogP contribution in [-0.4, -0.2) is 51.7 Å². The highest BCUT2D eigenvalue weighted by atomic mass is 16.5. The normalized spacial score (nSPS) is 23.9. The largest absolute Gasteiger partial charge is 0.491 e. The molecule has 0 aliphatic carbocycles. The number of benzene rings is 1. The first-order chi connectivity index (χ1) is 11.6. The van der Waals surface area contributed by atoms with Crippen LogP contribution in [0.5, 0.6) is 5.75 Å². The van der Waals surface area contributed by atoms with Crippen LogP contribution in [0, 0.1) is 6.92 Å². The van der Waals surface area contributed by atoms with Gasteiger partial charge in [0.15, 0.2) is 0 Å². The lowest BCUT2D eigenvalue weighted by Crippen LogP contribution is -3.15. The molecule has 0 radical (unpaired) electrons. The SMILES string of the molecule is C=CCc1cc(C)ccc1OCCOCC[NH+]1C[C@H](C)O[C@@H](C)C1. The third kappa shape index (κ3) is 6.27. The molecule has 1 heterocycles. The van der Waals surface area contributed by atoms with E-state index in [4.69, 9.17) is 14.2 Å². The van der Waals surface area contributed by atoms with Crippen molar-refractivity contribution in [1.82, 2.24) is 0 Å². The summed E-state index contributed by atoms with van der Waals surface area (Å²) in [6.45, 7) is 15.3. The molecule has 4 nitrogen and oxygen atoms in total. The number of ether oxygens (including phenoxy) is 3. The van der Waals surface area contributed by atoms with E-state index in [0.717, 1.165) is 38.4 Å². The Hall–Kier alpha value is -1.36. The molecule has 1 aromatic rings. The van der Waals surface area contributed by atoms with Gasteiger partial charge in [-0.1, -0.05) is 23.8 Å². The van der Waals surface area contributed by atoms with Gasteiger partial charge < -0.3 is 19.1 Å². The van der Waals surface area contributed by atoms with E-state index >= 15 is 0 Å². The molecule has 0 saturated carbocycles. The topological polar surface area (TPSA) is 32.1 Å². The standard InChI is InChI=1S/C20H31NO3/c1-5-6-19-13-16(2)7-8-20(19)23-12-11-22-10-9-21-14-17(3)24-18(4)15-21/h5,7-8,13,17-18H,1,6,9-12,14-15H2,2-4H3/p+1/t17-,18-/m0/s1. The van der Waals surface area contributed by atoms with Crippen LogP contribution < -0.4 is 9.64 Å². The summed E-state index contributed by atoms with van der Waals surface area (Å²) in [4.78, 5) is 1.56. The summed E-state index contributed by atoms with van der Waals surface area (Å²) >= 11 is 0. The van der Waals surface area contributed by atoms with Crippen LogP contribution in [0.2, 0.25) is 0 Å². The molecule has 1 aliphatic rings. The summed E-state index contributed by atoms with van der Waals surface area (Å²) < 4.78 is 17.4. The molecule has 1 saturated heterocycles. The van der Waals surface area contributed by atoms with Crippen LogP contribution in [0.1, 0.15) is 25.0 Å². The second kappa shape index (κ2) is 9.82. The Morgan fingerprint density at radius 2 is 1.96 bits per heavy atom. The summed E-state index contributed by atoms with van der Waals surface area (Å²) in [6, 6.07) is 6.27. The van der Waals surface area contributed by atoms with Crippen molar-refractivity contribution < 1.29 is 19.1 Å². The molecule has 1 aliphatic heterocycles. The van der Waals surface area contributed by atoms with Gasteiger partial charge in [0.25, 0.3) is 0 Å². The minimum atomic E-state index is 0.344. The van der Waals surface area contributed by atoms with E-state index in [0.29, 0.717) is 25.4 Å². The van der Waals surface area contributed by atoms with Crippen molar-refractivity contribution in [3.05, 3.63) is 42.0 Å². The monoisotopic (exact) mass is 334 g/mol. The fourth-order valence-electron chi connectivity index (χ4n) is 3.29. The third-order valence-corrected chi connectivity index (χ3v) is 4.28. The second-order valence-electron chi connectivity index (χ2n) is 6.73. The van der Waals surface area contributed by atoms with E-state index in [1.54, 1.807) is 4.90 Å². The smallest absolute Gasteiger partial charge is 0.122 e. The number of hydrogen-bond acceptors (Lipinski definition) is 3. The van der Waals surface area contributed by atoms with E-state index in [2.05, 4.69) is 39.5 Å². The van der Waals surface area contributed by atoms with E-state index < -0.39 is 0 Å². The fraction of sp³-hybridized carbons (Fsp3) is 0.600. The molecule has 4 heteroatoms. The molecule has 1 aromatic carbocycles. The molecule has 24 heavy (non-hydrogen) atoms. The zero-order chi connectivity index (χ0) is 17.4. The molecule has 0 amide bonds. The number of quaternary nitrogens is 1. The van der Waals surface area contributed by atoms with Gasteiger partial charge in [0.1, 0.15) is 44.2 Å². The first-order valence-electron chi connectivity index (χ1n) is 8.98. The summed E-state index contributed by atoms with van der Waals surface area (Å²) in [5.41, 5.74) is 2.43. The number of hydrogen-bond donors (Lipinski definition) is 1. The van der Waals surface area contributed by atoms with Gasteiger partial charge in [-0.3, -0.25) is 0 Å². The van der Waals surface area contributed by atoms with Gasteiger partial charge in [-0.05, 0) is 38.8 Å². The molecule has 2 atom stereocenters. The van der Waals surface area contributed by atoms with Crippen LogP contribution in [0.4, 0.5) is 0 Å². The maximum Gasteiger partial charge on any atom is 0.122 e. The maximum absolute atomic E-state index is 5.87. The minimum absolute atomic E-state index is 0.344. The van der Waals surface area contributed by atoms with Gasteiger partial charge in [-0.15, -0.1) is 6.58 Å². The molecule has 0 unspecified atom stereocenters. The molecule has 1 N–H and O–H groups in total. The van der Waals surface area contributed by atoms with Crippen LogP contribution in [0.3, 0.4) is 0 Å². The van der Waals surface area contributed by atoms with Gasteiger partial charge >= 0.3 is 0 Å². The van der Waals surface area contributed by atoms with E-state index in [1.165, 1.54) is 11.1 Å². The lowest BCUT2D eigenvalue weighted by atomic mass is 10.1. The van der Waals surface area contributed by atoms with Crippen molar-refractivity contribution >= 4 is 0 Å². The Labute approximate surface area is 146 Å². The Balaban J connectivity index is 1.64. The van der Waals surface area contributed by atoms with Gasteiger partial charge in [-0.25, -0.2) is 0 Å². The summed E-state index contributed by atoms with van der Waals surface area (Å²) in [5.74, 6) is 0.936. The Morgan fingerprint density at radius 3 is 2.67 bits per heavy atom. The first kappa shape index (κ1) is 19.0. The van der Waals surface area contributed by atoms with Crippen molar-refractivity contribution in [2.45, 2.75) is 39.4 Å². The molecule has 2 rings (SSSR count). The average Bonchev–Trinajstić information content (AvgIpc) is 2.52. The number of nitrogens with one attached hydrogen (secondary N) is 1. The molecule has 0 aromatic heterocycles. The number of rotatable bonds is 9. The lowest BCUT2D eigenvalue weighted by Gasteiger charge is -2.32. The summed E-state index contributed by atoms with van der Waals surface area (Å²) in [6.07, 6.45) is 3.42. The van der Waals surface area contributed by atoms with E-state index in [9.17, 15) is 0 Å². The van der Waals surface area contributed by atoms with Gasteiger partial charge in [0.2, 0.25) is 0 Å². The molecule has 0 spiro atoms. The Kier molecular flexibility index (Phi) is 7.76. The predicted octanol–water partition coefficient (Wildman–Crippen LogP) is 1.81. The zero-order valence-electron chi connectivity index (χ0n) is 15.3. The highest BCUT2D eigenvalue weighted by Crippen LogP contribution is 2.20. The van der Waals surface area contributed by atoms with Crippen LogP contribution in [0.15, 0.2) is 30.9 Å². The highest BCUT2D eigenvalue weighted by molar-refractivity contribution is 5.38. The van der Waals surface area contributed by atoms with Crippen molar-refractivity contribution in [2.75, 3.05) is 39.5 Å². The summed E-state index contributed by atoms with van der Waals surface area (Å²) in [5, 5.41) is 0. The maximum atomic E-state index is 5.87. The minimum Gasteiger partial charge on any atom is -0.491 e. The van der Waals surface area contributed by atoms with Crippen molar-refractivity contribution in [1.29, 1.82) is 0 Å². The molecule has 1 fully saturated rings. The zero-order valence-corrected chi connectivity index (χ0v) is 15.3. The predicted molar refractivity (Wildman–Crippen MR) is 97.0 cm³/mol. The van der Waals surface area contributed by atoms with Crippen LogP contribution in [-0.2, 0) is 15.9 Å². The second-order valence-corrected chi connectivity index (χ2v) is 6.73. The fourth-order valence-corrected chi connectivity index (χ4v) is 3.29. The molecular formula is C20H32NO3+. The van der Waals surface area contributed by atoms with Crippen LogP contribution >= 0.6 is 0 Å². The quantitative estimate of drug-likeness (QED) is 0.552. The van der Waals surface area contributed by atoms with Crippen molar-refractivity contribution in [3.63, 3.8) is 0 Å². The van der Waals surface area contributed by atoms with Gasteiger partial charge in [-0.2, -0.15) is 0 Å². The van der Waals surface area contributed by atoms with Crippen molar-refractivity contribution in [3.8, 4) is 5.75 Å². The third-order valence-electron chi connectivity index (χ3n) is 4.28. The van der Waals surface area contributed by atoms with Crippen molar-refractivity contribution in [2.24, 2.45) is 0 Å². The van der Waals surface area contributed by atoms with E-state index in [-0.39, 0.29) is 0 Å². The first-order valence-corrected chi connectivity index (χ1v) is 8.98. The molecular weight excluding hydrogens is 302 g/mol. The van der Waals surface area contributed by atoms with Crippen LogP contribution in [0.25, 0.3) is 0 Å². The highest BCUT2D eigenvalue weighted by Gasteiger charge is 2.24. The lowest BCUT2D eigenvalue weighted by molar-refractivity contribution is -0.915.